The molecule has 0 aromatic carbocycles. The molecule has 2 atom stereocenters. The second-order valence-corrected chi connectivity index (χ2v) is 1.96. The molecule has 1 saturated heterocycles. The number of rotatable bonds is 0. The standard InChI is InChI=1S/C4H9N.H3O2P/c1-4-2-3-5-4;1-3-2/h4-5H,2-3H2,1H3;3H2,(H,1,2). The Morgan fingerprint density at radius 2 is 2.12 bits per heavy atom. The fourth-order valence-corrected chi connectivity index (χ4v) is 0.433. The van der Waals surface area contributed by atoms with Crippen LogP contribution >= 0.6 is 8.69 Å². The Morgan fingerprint density at radius 1 is 1.88 bits per heavy atom. The minimum Gasteiger partial charge on any atom is -0.348 e. The van der Waals surface area contributed by atoms with Gasteiger partial charge in [-0.25, -0.2) is 0 Å². The fraction of sp³-hybridized carbons (Fsp3) is 1.00. The first-order valence-corrected chi connectivity index (χ1v) is 3.61. The maximum absolute atomic E-state index is 8.57. The van der Waals surface area contributed by atoms with Crippen molar-refractivity contribution in [2.24, 2.45) is 0 Å². The van der Waals surface area contributed by atoms with Gasteiger partial charge in [0.2, 0.25) is 0 Å². The zero-order valence-corrected chi connectivity index (χ0v) is 6.08. The molecule has 4 heteroatoms. The van der Waals surface area contributed by atoms with E-state index < -0.39 is 8.69 Å². The largest absolute Gasteiger partial charge is 0.348 e. The lowest BCUT2D eigenvalue weighted by molar-refractivity contribution is 0.399. The first kappa shape index (κ1) is 8.15. The third kappa shape index (κ3) is 4.31. The SMILES string of the molecule is CC1CCN1.O=[PH2]O. The molecule has 0 aromatic heterocycles. The van der Waals surface area contributed by atoms with E-state index in [9.17, 15) is 0 Å². The van der Waals surface area contributed by atoms with Crippen LogP contribution in [0.25, 0.3) is 0 Å². The van der Waals surface area contributed by atoms with Gasteiger partial charge < -0.3 is 10.2 Å². The monoisotopic (exact) mass is 137 g/mol. The first-order valence-electron chi connectivity index (χ1n) is 2.62. The quantitative estimate of drug-likeness (QED) is 0.463. The molecule has 3 nitrogen and oxygen atoms in total. The molecule has 0 radical (unpaired) electrons. The van der Waals surface area contributed by atoms with Gasteiger partial charge in [0, 0.05) is 6.04 Å². The predicted molar refractivity (Wildman–Crippen MR) is 34.7 cm³/mol. The van der Waals surface area contributed by atoms with Gasteiger partial charge in [-0.2, -0.15) is 0 Å². The van der Waals surface area contributed by atoms with Gasteiger partial charge in [-0.1, -0.05) is 0 Å². The third-order valence-corrected chi connectivity index (χ3v) is 1.07. The van der Waals surface area contributed by atoms with Crippen molar-refractivity contribution in [3.05, 3.63) is 0 Å². The molecule has 0 saturated carbocycles. The molecule has 0 aromatic rings. The van der Waals surface area contributed by atoms with Crippen molar-refractivity contribution < 1.29 is 9.46 Å². The summed E-state index contributed by atoms with van der Waals surface area (Å²) in [5, 5.41) is 3.21. The summed E-state index contributed by atoms with van der Waals surface area (Å²) >= 11 is 0. The van der Waals surface area contributed by atoms with E-state index in [1.807, 2.05) is 0 Å². The molecule has 0 bridgehead atoms. The molecule has 2 unspecified atom stereocenters. The first-order chi connectivity index (χ1) is 3.81. The number of hydrogen-bond donors (Lipinski definition) is 2. The third-order valence-electron chi connectivity index (χ3n) is 1.07. The highest BCUT2D eigenvalue weighted by Crippen LogP contribution is 1.96. The van der Waals surface area contributed by atoms with Crippen LogP contribution in [0.5, 0.6) is 0 Å². The normalized spacial score (nSPS) is 26.5. The Morgan fingerprint density at radius 3 is 2.12 bits per heavy atom. The summed E-state index contributed by atoms with van der Waals surface area (Å²) in [6.45, 7) is 3.44. The van der Waals surface area contributed by atoms with Crippen LogP contribution in [0.2, 0.25) is 0 Å². The van der Waals surface area contributed by atoms with Crippen LogP contribution in [0.15, 0.2) is 0 Å². The lowest BCUT2D eigenvalue weighted by atomic mass is 10.1. The highest BCUT2D eigenvalue weighted by Gasteiger charge is 2.07. The molecular weight excluding hydrogens is 125 g/mol. The van der Waals surface area contributed by atoms with E-state index in [1.54, 1.807) is 0 Å². The smallest absolute Gasteiger partial charge is 0.177 e. The van der Waals surface area contributed by atoms with Gasteiger partial charge in [0.05, 0.1) is 0 Å². The second-order valence-electron chi connectivity index (χ2n) is 1.75. The molecular formula is C4H12NO2P. The van der Waals surface area contributed by atoms with Crippen molar-refractivity contribution in [1.82, 2.24) is 5.32 Å². The summed E-state index contributed by atoms with van der Waals surface area (Å²) in [5.74, 6) is 0. The predicted octanol–water partition coefficient (Wildman–Crippen LogP) is 0.0182. The van der Waals surface area contributed by atoms with Crippen molar-refractivity contribution in [3.63, 3.8) is 0 Å². The zero-order chi connectivity index (χ0) is 6.41. The van der Waals surface area contributed by atoms with Gasteiger partial charge in [-0.3, -0.25) is 4.57 Å². The van der Waals surface area contributed by atoms with E-state index in [0.29, 0.717) is 0 Å². The average molecular weight is 137 g/mol. The molecule has 1 aliphatic rings. The Hall–Kier alpha value is 0.150. The molecule has 8 heavy (non-hydrogen) atoms. The second kappa shape index (κ2) is 5.29. The summed E-state index contributed by atoms with van der Waals surface area (Å²) in [5.41, 5.74) is 0. The van der Waals surface area contributed by atoms with Gasteiger partial charge in [0.1, 0.15) is 0 Å². The van der Waals surface area contributed by atoms with Crippen LogP contribution in [0, 0.1) is 0 Å². The van der Waals surface area contributed by atoms with Crippen molar-refractivity contribution in [3.8, 4) is 0 Å². The highest BCUT2D eigenvalue weighted by molar-refractivity contribution is 7.16. The van der Waals surface area contributed by atoms with E-state index in [2.05, 4.69) is 12.2 Å². The molecule has 1 heterocycles. The molecule has 1 rings (SSSR count). The minimum absolute atomic E-state index is 0.815. The van der Waals surface area contributed by atoms with Crippen molar-refractivity contribution in [2.75, 3.05) is 6.54 Å². The summed E-state index contributed by atoms with van der Waals surface area (Å²) in [6, 6.07) is 0.815. The Balaban J connectivity index is 0.000000145. The van der Waals surface area contributed by atoms with E-state index in [-0.39, 0.29) is 0 Å². The summed E-state index contributed by atoms with van der Waals surface area (Å²) in [4.78, 5) is 7.10. The number of hydrogen-bond acceptors (Lipinski definition) is 2. The van der Waals surface area contributed by atoms with Crippen molar-refractivity contribution in [2.45, 2.75) is 19.4 Å². The van der Waals surface area contributed by atoms with Crippen LogP contribution in [-0.2, 0) is 4.57 Å². The van der Waals surface area contributed by atoms with Gasteiger partial charge in [-0.05, 0) is 19.9 Å². The van der Waals surface area contributed by atoms with Crippen LogP contribution < -0.4 is 5.32 Å². The zero-order valence-electron chi connectivity index (χ0n) is 4.92. The van der Waals surface area contributed by atoms with Crippen molar-refractivity contribution in [1.29, 1.82) is 0 Å². The molecule has 0 spiro atoms. The molecule has 2 N–H and O–H groups in total. The summed E-state index contributed by atoms with van der Waals surface area (Å²) in [6.07, 6.45) is 1.38. The van der Waals surface area contributed by atoms with Gasteiger partial charge in [0.25, 0.3) is 0 Å². The van der Waals surface area contributed by atoms with Gasteiger partial charge >= 0.3 is 0 Å². The number of nitrogens with one attached hydrogen (secondary N) is 1. The maximum Gasteiger partial charge on any atom is 0.177 e. The van der Waals surface area contributed by atoms with E-state index in [4.69, 9.17) is 9.46 Å². The van der Waals surface area contributed by atoms with Crippen molar-refractivity contribution >= 4 is 8.69 Å². The fourth-order valence-electron chi connectivity index (χ4n) is 0.433. The lowest BCUT2D eigenvalue weighted by Gasteiger charge is -2.22. The molecule has 0 amide bonds. The van der Waals surface area contributed by atoms with E-state index in [0.717, 1.165) is 6.04 Å². The summed E-state index contributed by atoms with van der Waals surface area (Å²) < 4.78 is 8.57. The Kier molecular flexibility index (Phi) is 5.39. The Labute approximate surface area is 50.4 Å². The topological polar surface area (TPSA) is 49.3 Å². The van der Waals surface area contributed by atoms with E-state index >= 15 is 0 Å². The molecule has 1 fully saturated rings. The highest BCUT2D eigenvalue weighted by atomic mass is 31.1. The molecule has 1 aliphatic heterocycles. The lowest BCUT2D eigenvalue weighted by Crippen LogP contribution is -2.39. The minimum atomic E-state index is -1.50. The van der Waals surface area contributed by atoms with Crippen LogP contribution in [-0.4, -0.2) is 17.5 Å². The molecule has 0 aliphatic carbocycles. The van der Waals surface area contributed by atoms with Gasteiger partial charge in [0.15, 0.2) is 8.69 Å². The molecule has 50 valence electrons. The Bertz CT molecular complexity index is 65.1. The van der Waals surface area contributed by atoms with Crippen LogP contribution in [0.1, 0.15) is 13.3 Å². The maximum atomic E-state index is 8.57. The van der Waals surface area contributed by atoms with Crippen LogP contribution in [0.4, 0.5) is 0 Å². The average Bonchev–Trinajstić information content (AvgIpc) is 1.64. The van der Waals surface area contributed by atoms with Crippen LogP contribution in [0.3, 0.4) is 0 Å². The summed E-state index contributed by atoms with van der Waals surface area (Å²) in [7, 11) is -1.50. The van der Waals surface area contributed by atoms with E-state index in [1.165, 1.54) is 13.0 Å². The van der Waals surface area contributed by atoms with Gasteiger partial charge in [-0.15, -0.1) is 0 Å².